The average Bonchev–Trinajstić information content (AvgIpc) is 2.43. The number of halogens is 1. The van der Waals surface area contributed by atoms with Gasteiger partial charge in [0.1, 0.15) is 5.75 Å². The van der Waals surface area contributed by atoms with Crippen molar-refractivity contribution in [1.82, 2.24) is 0 Å². The largest absolute Gasteiger partial charge is 0.423 e. The fourth-order valence-corrected chi connectivity index (χ4v) is 1.97. The van der Waals surface area contributed by atoms with Gasteiger partial charge in [-0.25, -0.2) is 4.79 Å². The molecule has 2 aromatic carbocycles. The van der Waals surface area contributed by atoms with Crippen LogP contribution < -0.4 is 4.74 Å². The average molecular weight is 289 g/mol. The van der Waals surface area contributed by atoms with Crippen LogP contribution in [-0.4, -0.2) is 5.97 Å². The molecule has 0 aliphatic carbocycles. The molecule has 0 unspecified atom stereocenters. The quantitative estimate of drug-likeness (QED) is 0.587. The first kappa shape index (κ1) is 14.6. The topological polar surface area (TPSA) is 26.3 Å². The molecule has 0 spiro atoms. The van der Waals surface area contributed by atoms with Crippen LogP contribution in [0.1, 0.15) is 41.3 Å². The second-order valence-electron chi connectivity index (χ2n) is 5.08. The third-order valence-corrected chi connectivity index (χ3v) is 3.58. The predicted octanol–water partition coefficient (Wildman–Crippen LogP) is 4.99. The molecule has 0 bridgehead atoms. The van der Waals surface area contributed by atoms with Crippen LogP contribution in [-0.2, 0) is 0 Å². The monoisotopic (exact) mass is 288 g/mol. The Bertz CT molecular complexity index is 615. The van der Waals surface area contributed by atoms with E-state index in [1.165, 1.54) is 5.56 Å². The van der Waals surface area contributed by atoms with Crippen LogP contribution in [0.5, 0.6) is 5.75 Å². The summed E-state index contributed by atoms with van der Waals surface area (Å²) in [5.41, 5.74) is 2.62. The molecule has 0 atom stereocenters. The standard InChI is InChI=1S/C17H17ClO2/c1-11(2)13-4-6-14(7-5-13)17(19)20-15-8-9-16(18)12(3)10-15/h4-11H,1-3H3. The van der Waals surface area contributed by atoms with E-state index >= 15 is 0 Å². The Morgan fingerprint density at radius 2 is 1.75 bits per heavy atom. The van der Waals surface area contributed by atoms with E-state index < -0.39 is 0 Å². The molecular formula is C17H17ClO2. The first-order chi connectivity index (χ1) is 9.47. The lowest BCUT2D eigenvalue weighted by molar-refractivity contribution is 0.0734. The Morgan fingerprint density at radius 3 is 2.30 bits per heavy atom. The van der Waals surface area contributed by atoms with E-state index in [9.17, 15) is 4.79 Å². The molecule has 3 heteroatoms. The fourth-order valence-electron chi connectivity index (χ4n) is 1.85. The number of rotatable bonds is 3. The van der Waals surface area contributed by atoms with Gasteiger partial charge in [0, 0.05) is 5.02 Å². The van der Waals surface area contributed by atoms with Crippen molar-refractivity contribution in [3.05, 3.63) is 64.2 Å². The van der Waals surface area contributed by atoms with Crippen LogP contribution in [0.2, 0.25) is 5.02 Å². The van der Waals surface area contributed by atoms with Gasteiger partial charge in [-0.3, -0.25) is 0 Å². The SMILES string of the molecule is Cc1cc(OC(=O)c2ccc(C(C)C)cc2)ccc1Cl. The molecule has 0 aliphatic rings. The molecule has 0 fully saturated rings. The van der Waals surface area contributed by atoms with E-state index in [0.29, 0.717) is 22.3 Å². The molecule has 0 radical (unpaired) electrons. The van der Waals surface area contributed by atoms with Crippen LogP contribution in [0.25, 0.3) is 0 Å². The van der Waals surface area contributed by atoms with Crippen molar-refractivity contribution in [2.75, 3.05) is 0 Å². The van der Waals surface area contributed by atoms with Crippen molar-refractivity contribution in [1.29, 1.82) is 0 Å². The van der Waals surface area contributed by atoms with Crippen LogP contribution in [0.15, 0.2) is 42.5 Å². The van der Waals surface area contributed by atoms with E-state index in [4.69, 9.17) is 16.3 Å². The molecule has 20 heavy (non-hydrogen) atoms. The number of carbonyl (C=O) groups excluding carboxylic acids is 1. The molecule has 2 rings (SSSR count). The van der Waals surface area contributed by atoms with Crippen molar-refractivity contribution >= 4 is 17.6 Å². The van der Waals surface area contributed by atoms with Crippen molar-refractivity contribution in [3.8, 4) is 5.75 Å². The van der Waals surface area contributed by atoms with Crippen LogP contribution in [0.4, 0.5) is 0 Å². The normalized spacial score (nSPS) is 10.7. The summed E-state index contributed by atoms with van der Waals surface area (Å²) in [6, 6.07) is 12.7. The second kappa shape index (κ2) is 6.10. The molecule has 104 valence electrons. The number of ether oxygens (including phenoxy) is 1. The van der Waals surface area contributed by atoms with Gasteiger partial charge in [0.05, 0.1) is 5.56 Å². The van der Waals surface area contributed by atoms with E-state index in [1.54, 1.807) is 30.3 Å². The van der Waals surface area contributed by atoms with E-state index in [1.807, 2.05) is 19.1 Å². The first-order valence-electron chi connectivity index (χ1n) is 6.55. The van der Waals surface area contributed by atoms with Gasteiger partial charge in [0.2, 0.25) is 0 Å². The number of hydrogen-bond donors (Lipinski definition) is 0. The van der Waals surface area contributed by atoms with Crippen LogP contribution in [0, 0.1) is 6.92 Å². The Morgan fingerprint density at radius 1 is 1.10 bits per heavy atom. The van der Waals surface area contributed by atoms with Crippen LogP contribution in [0.3, 0.4) is 0 Å². The minimum atomic E-state index is -0.359. The molecule has 0 aliphatic heterocycles. The molecule has 0 N–H and O–H groups in total. The van der Waals surface area contributed by atoms with Crippen molar-refractivity contribution in [2.24, 2.45) is 0 Å². The smallest absolute Gasteiger partial charge is 0.343 e. The lowest BCUT2D eigenvalue weighted by atomic mass is 10.0. The summed E-state index contributed by atoms with van der Waals surface area (Å²) in [7, 11) is 0. The van der Waals surface area contributed by atoms with Crippen LogP contribution >= 0.6 is 11.6 Å². The number of aryl methyl sites for hydroxylation is 1. The van der Waals surface area contributed by atoms with Gasteiger partial charge < -0.3 is 4.74 Å². The van der Waals surface area contributed by atoms with Crippen molar-refractivity contribution < 1.29 is 9.53 Å². The zero-order valence-electron chi connectivity index (χ0n) is 11.8. The molecular weight excluding hydrogens is 272 g/mol. The number of hydrogen-bond acceptors (Lipinski definition) is 2. The number of carbonyl (C=O) groups is 1. The van der Waals surface area contributed by atoms with Gasteiger partial charge in [-0.15, -0.1) is 0 Å². The summed E-state index contributed by atoms with van der Waals surface area (Å²) in [5.74, 6) is 0.589. The summed E-state index contributed by atoms with van der Waals surface area (Å²) < 4.78 is 5.34. The second-order valence-corrected chi connectivity index (χ2v) is 5.48. The first-order valence-corrected chi connectivity index (χ1v) is 6.93. The summed E-state index contributed by atoms with van der Waals surface area (Å²) in [6.07, 6.45) is 0. The third-order valence-electron chi connectivity index (χ3n) is 3.15. The summed E-state index contributed by atoms with van der Waals surface area (Å²) in [4.78, 5) is 12.0. The van der Waals surface area contributed by atoms with Crippen molar-refractivity contribution in [2.45, 2.75) is 26.7 Å². The minimum absolute atomic E-state index is 0.359. The molecule has 0 saturated carbocycles. The lowest BCUT2D eigenvalue weighted by Crippen LogP contribution is -2.08. The molecule has 2 nitrogen and oxygen atoms in total. The fraction of sp³-hybridized carbons (Fsp3) is 0.235. The van der Waals surface area contributed by atoms with E-state index in [0.717, 1.165) is 5.56 Å². The molecule has 0 saturated heterocycles. The Hall–Kier alpha value is -1.80. The maximum Gasteiger partial charge on any atom is 0.343 e. The lowest BCUT2D eigenvalue weighted by Gasteiger charge is -2.08. The van der Waals surface area contributed by atoms with Gasteiger partial charge >= 0.3 is 5.97 Å². The highest BCUT2D eigenvalue weighted by Crippen LogP contribution is 2.22. The number of benzene rings is 2. The Balaban J connectivity index is 2.13. The zero-order chi connectivity index (χ0) is 14.7. The number of esters is 1. The highest BCUT2D eigenvalue weighted by Gasteiger charge is 2.10. The summed E-state index contributed by atoms with van der Waals surface area (Å²) in [6.45, 7) is 6.10. The summed E-state index contributed by atoms with van der Waals surface area (Å²) in [5, 5.41) is 0.658. The molecule has 0 aromatic heterocycles. The van der Waals surface area contributed by atoms with Gasteiger partial charge in [-0.05, 0) is 54.3 Å². The Labute approximate surface area is 124 Å². The maximum absolute atomic E-state index is 12.0. The van der Waals surface area contributed by atoms with E-state index in [2.05, 4.69) is 13.8 Å². The molecule has 0 amide bonds. The van der Waals surface area contributed by atoms with Gasteiger partial charge in [0.15, 0.2) is 0 Å². The third kappa shape index (κ3) is 3.40. The highest BCUT2D eigenvalue weighted by molar-refractivity contribution is 6.31. The zero-order valence-corrected chi connectivity index (χ0v) is 12.6. The molecule has 2 aromatic rings. The summed E-state index contributed by atoms with van der Waals surface area (Å²) >= 11 is 5.94. The Kier molecular flexibility index (Phi) is 4.46. The van der Waals surface area contributed by atoms with Gasteiger partial charge in [-0.1, -0.05) is 37.6 Å². The van der Waals surface area contributed by atoms with Gasteiger partial charge in [-0.2, -0.15) is 0 Å². The minimum Gasteiger partial charge on any atom is -0.423 e. The van der Waals surface area contributed by atoms with Gasteiger partial charge in [0.25, 0.3) is 0 Å². The van der Waals surface area contributed by atoms with Crippen molar-refractivity contribution in [3.63, 3.8) is 0 Å². The maximum atomic E-state index is 12.0. The highest BCUT2D eigenvalue weighted by atomic mass is 35.5. The van der Waals surface area contributed by atoms with E-state index in [-0.39, 0.29) is 5.97 Å². The predicted molar refractivity (Wildman–Crippen MR) is 81.7 cm³/mol. The molecule has 0 heterocycles.